The van der Waals surface area contributed by atoms with Crippen molar-refractivity contribution in [3.8, 4) is 0 Å². The first kappa shape index (κ1) is 15.8. The van der Waals surface area contributed by atoms with Gasteiger partial charge in [-0.1, -0.05) is 51.8 Å². The lowest BCUT2D eigenvalue weighted by atomic mass is 9.88. The molecule has 0 N–H and O–H groups in total. The van der Waals surface area contributed by atoms with Crippen LogP contribution in [0.15, 0.2) is 42.5 Å². The highest BCUT2D eigenvalue weighted by Crippen LogP contribution is 2.38. The van der Waals surface area contributed by atoms with Crippen LogP contribution in [0.25, 0.3) is 0 Å². The van der Waals surface area contributed by atoms with Crippen LogP contribution < -0.4 is 0 Å². The molecular weight excluding hydrogens is 312 g/mol. The van der Waals surface area contributed by atoms with Crippen molar-refractivity contribution in [2.75, 3.05) is 0 Å². The Morgan fingerprint density at radius 3 is 2.60 bits per heavy atom. The van der Waals surface area contributed by atoms with E-state index in [-0.39, 0.29) is 4.32 Å². The van der Waals surface area contributed by atoms with E-state index in [1.165, 1.54) is 11.1 Å². The Morgan fingerprint density at radius 2 is 1.95 bits per heavy atom. The monoisotopic (exact) mass is 336 g/mol. The van der Waals surface area contributed by atoms with Gasteiger partial charge in [-0.05, 0) is 51.5 Å². The predicted molar refractivity (Wildman–Crippen MR) is 89.4 cm³/mol. The molecule has 0 saturated carbocycles. The molecule has 0 aliphatic carbocycles. The van der Waals surface area contributed by atoms with Gasteiger partial charge in [-0.2, -0.15) is 0 Å². The molecule has 1 aliphatic heterocycles. The summed E-state index contributed by atoms with van der Waals surface area (Å²) in [6.45, 7) is 8.39. The van der Waals surface area contributed by atoms with Crippen LogP contribution in [0.5, 0.6) is 0 Å². The van der Waals surface area contributed by atoms with Gasteiger partial charge in [0.2, 0.25) is 0 Å². The standard InChI is InChI=1S/C18H25BrO/c1-14(2)11-17-13-18(3,19)12-16(20-17)10-9-15-7-5-4-6-8-15/h4-8,16-17H,1,9-13H2,2-3H3/t16-,17+,18-/m0/s1. The molecule has 0 radical (unpaired) electrons. The van der Waals surface area contributed by atoms with Crippen molar-refractivity contribution in [3.05, 3.63) is 48.0 Å². The van der Waals surface area contributed by atoms with Crippen LogP contribution >= 0.6 is 15.9 Å². The van der Waals surface area contributed by atoms with Crippen molar-refractivity contribution in [2.24, 2.45) is 0 Å². The van der Waals surface area contributed by atoms with E-state index in [1.54, 1.807) is 0 Å². The fourth-order valence-electron chi connectivity index (χ4n) is 3.05. The highest BCUT2D eigenvalue weighted by molar-refractivity contribution is 9.10. The minimum Gasteiger partial charge on any atom is -0.375 e. The smallest absolute Gasteiger partial charge is 0.0629 e. The first-order chi connectivity index (χ1) is 9.44. The molecule has 2 rings (SSSR count). The Kier molecular flexibility index (Phi) is 5.45. The normalized spacial score (nSPS) is 30.1. The van der Waals surface area contributed by atoms with E-state index < -0.39 is 0 Å². The van der Waals surface area contributed by atoms with Crippen LogP contribution in [0.1, 0.15) is 45.1 Å². The maximum absolute atomic E-state index is 6.26. The number of alkyl halides is 1. The summed E-state index contributed by atoms with van der Waals surface area (Å²) in [6, 6.07) is 10.7. The molecule has 110 valence electrons. The summed E-state index contributed by atoms with van der Waals surface area (Å²) in [5.41, 5.74) is 2.61. The molecule has 3 atom stereocenters. The largest absolute Gasteiger partial charge is 0.375 e. The lowest BCUT2D eigenvalue weighted by Crippen LogP contribution is -2.39. The van der Waals surface area contributed by atoms with Crippen LogP contribution in [-0.2, 0) is 11.2 Å². The zero-order valence-electron chi connectivity index (χ0n) is 12.6. The van der Waals surface area contributed by atoms with Crippen molar-refractivity contribution in [2.45, 2.75) is 62.5 Å². The Labute approximate surface area is 131 Å². The quantitative estimate of drug-likeness (QED) is 0.524. The third-order valence-corrected chi connectivity index (χ3v) is 4.51. The van der Waals surface area contributed by atoms with Crippen LogP contribution in [0.4, 0.5) is 0 Å². The minimum atomic E-state index is 0.201. The first-order valence-electron chi connectivity index (χ1n) is 7.47. The molecule has 2 heteroatoms. The Bertz CT molecular complexity index is 438. The van der Waals surface area contributed by atoms with Gasteiger partial charge >= 0.3 is 0 Å². The summed E-state index contributed by atoms with van der Waals surface area (Å²) >= 11 is 3.88. The highest BCUT2D eigenvalue weighted by atomic mass is 79.9. The average Bonchev–Trinajstić information content (AvgIpc) is 2.35. The molecule has 20 heavy (non-hydrogen) atoms. The summed E-state index contributed by atoms with van der Waals surface area (Å²) in [5.74, 6) is 0. The molecule has 1 nitrogen and oxygen atoms in total. The van der Waals surface area contributed by atoms with Crippen LogP contribution in [0.3, 0.4) is 0 Å². The zero-order valence-corrected chi connectivity index (χ0v) is 14.2. The van der Waals surface area contributed by atoms with E-state index in [2.05, 4.69) is 66.7 Å². The first-order valence-corrected chi connectivity index (χ1v) is 8.26. The number of halogens is 1. The van der Waals surface area contributed by atoms with E-state index in [4.69, 9.17) is 4.74 Å². The van der Waals surface area contributed by atoms with Gasteiger partial charge in [0, 0.05) is 4.32 Å². The molecule has 0 unspecified atom stereocenters. The SMILES string of the molecule is C=C(C)C[C@@H]1C[C@@](C)(Br)C[C@H](CCc2ccccc2)O1. The second-order valence-electron chi connectivity index (χ2n) is 6.39. The Morgan fingerprint density at radius 1 is 1.30 bits per heavy atom. The zero-order chi connectivity index (χ0) is 14.6. The van der Waals surface area contributed by atoms with Crippen molar-refractivity contribution in [1.29, 1.82) is 0 Å². The molecule has 0 bridgehead atoms. The molecule has 1 fully saturated rings. The van der Waals surface area contributed by atoms with E-state index >= 15 is 0 Å². The van der Waals surface area contributed by atoms with Crippen molar-refractivity contribution in [1.82, 2.24) is 0 Å². The number of benzene rings is 1. The second kappa shape index (κ2) is 6.91. The maximum atomic E-state index is 6.26. The molecule has 0 amide bonds. The molecular formula is C18H25BrO. The van der Waals surface area contributed by atoms with Gasteiger partial charge in [0.1, 0.15) is 0 Å². The second-order valence-corrected chi connectivity index (χ2v) is 8.30. The van der Waals surface area contributed by atoms with Gasteiger partial charge in [0.15, 0.2) is 0 Å². The van der Waals surface area contributed by atoms with E-state index in [0.717, 1.165) is 32.1 Å². The molecule has 1 aromatic rings. The summed E-state index contributed by atoms with van der Waals surface area (Å²) < 4.78 is 6.46. The predicted octanol–water partition coefficient (Wildman–Crippen LogP) is 5.29. The number of rotatable bonds is 5. The fourth-order valence-corrected chi connectivity index (χ4v) is 3.77. The Balaban J connectivity index is 1.91. The van der Waals surface area contributed by atoms with Gasteiger partial charge in [-0.15, -0.1) is 6.58 Å². The van der Waals surface area contributed by atoms with Crippen molar-refractivity contribution in [3.63, 3.8) is 0 Å². The summed E-state index contributed by atoms with van der Waals surface area (Å²) in [7, 11) is 0. The summed E-state index contributed by atoms with van der Waals surface area (Å²) in [4.78, 5) is 0. The van der Waals surface area contributed by atoms with E-state index in [9.17, 15) is 0 Å². The molecule has 0 aromatic heterocycles. The topological polar surface area (TPSA) is 9.23 Å². The summed E-state index contributed by atoms with van der Waals surface area (Å²) in [6.07, 6.45) is 5.98. The number of ether oxygens (including phenoxy) is 1. The van der Waals surface area contributed by atoms with E-state index in [0.29, 0.717) is 12.2 Å². The molecule has 1 aromatic carbocycles. The minimum absolute atomic E-state index is 0.201. The maximum Gasteiger partial charge on any atom is 0.0629 e. The Hall–Kier alpha value is -0.600. The third kappa shape index (κ3) is 5.06. The fraction of sp³-hybridized carbons (Fsp3) is 0.556. The molecule has 1 heterocycles. The molecule has 1 aliphatic rings. The van der Waals surface area contributed by atoms with Gasteiger partial charge in [0.25, 0.3) is 0 Å². The lowest BCUT2D eigenvalue weighted by molar-refractivity contribution is -0.0611. The van der Waals surface area contributed by atoms with Crippen LogP contribution in [-0.4, -0.2) is 16.5 Å². The van der Waals surface area contributed by atoms with Crippen molar-refractivity contribution < 1.29 is 4.74 Å². The molecule has 0 spiro atoms. The number of hydrogen-bond donors (Lipinski definition) is 0. The number of aryl methyl sites for hydroxylation is 1. The van der Waals surface area contributed by atoms with Crippen LogP contribution in [0.2, 0.25) is 0 Å². The average molecular weight is 337 g/mol. The summed E-state index contributed by atoms with van der Waals surface area (Å²) in [5, 5.41) is 0. The van der Waals surface area contributed by atoms with Gasteiger partial charge < -0.3 is 4.74 Å². The third-order valence-electron chi connectivity index (χ3n) is 3.87. The van der Waals surface area contributed by atoms with Crippen LogP contribution in [0, 0.1) is 0 Å². The van der Waals surface area contributed by atoms with E-state index in [1.807, 2.05) is 0 Å². The van der Waals surface area contributed by atoms with Gasteiger partial charge in [-0.25, -0.2) is 0 Å². The number of hydrogen-bond acceptors (Lipinski definition) is 1. The lowest BCUT2D eigenvalue weighted by Gasteiger charge is -2.39. The molecule has 1 saturated heterocycles. The van der Waals surface area contributed by atoms with Gasteiger partial charge in [0.05, 0.1) is 12.2 Å². The van der Waals surface area contributed by atoms with Gasteiger partial charge in [-0.3, -0.25) is 0 Å². The highest BCUT2D eigenvalue weighted by Gasteiger charge is 2.35. The van der Waals surface area contributed by atoms with Crippen molar-refractivity contribution >= 4 is 15.9 Å².